The van der Waals surface area contributed by atoms with Crippen molar-refractivity contribution >= 4 is 5.97 Å². The summed E-state index contributed by atoms with van der Waals surface area (Å²) >= 11 is 0. The van der Waals surface area contributed by atoms with E-state index >= 15 is 0 Å². The molecule has 1 atom stereocenters. The molecule has 1 saturated heterocycles. The summed E-state index contributed by atoms with van der Waals surface area (Å²) in [5.74, 6) is -0.354. The Bertz CT molecular complexity index is 105. The first-order chi connectivity index (χ1) is 4.34. The topological polar surface area (TPSA) is 35.5 Å². The lowest BCUT2D eigenvalue weighted by atomic mass is 10.2. The molecule has 1 radical (unpaired) electrons. The van der Waals surface area contributed by atoms with Crippen LogP contribution >= 0.6 is 0 Å². The van der Waals surface area contributed by atoms with Crippen LogP contribution in [0.3, 0.4) is 0 Å². The van der Waals surface area contributed by atoms with Gasteiger partial charge in [0.25, 0.3) is 0 Å². The molecule has 0 aromatic rings. The van der Waals surface area contributed by atoms with Gasteiger partial charge in [0.1, 0.15) is 7.11 Å². The molecule has 51 valence electrons. The van der Waals surface area contributed by atoms with E-state index in [1.54, 1.807) is 0 Å². The molecule has 0 aromatic heterocycles. The van der Waals surface area contributed by atoms with Crippen LogP contribution in [0.25, 0.3) is 0 Å². The molecule has 0 aliphatic carbocycles. The largest absolute Gasteiger partial charge is 0.460 e. The zero-order valence-electron chi connectivity index (χ0n) is 5.13. The number of esters is 1. The van der Waals surface area contributed by atoms with Crippen molar-refractivity contribution in [2.45, 2.75) is 18.9 Å². The van der Waals surface area contributed by atoms with Crippen LogP contribution in [0.4, 0.5) is 0 Å². The van der Waals surface area contributed by atoms with E-state index in [1.165, 1.54) is 0 Å². The van der Waals surface area contributed by atoms with Crippen LogP contribution in [0.5, 0.6) is 0 Å². The van der Waals surface area contributed by atoms with Crippen LogP contribution in [-0.4, -0.2) is 18.7 Å². The average molecular weight is 129 g/mol. The van der Waals surface area contributed by atoms with Gasteiger partial charge in [0.15, 0.2) is 6.10 Å². The van der Waals surface area contributed by atoms with Gasteiger partial charge in [-0.15, -0.1) is 0 Å². The first-order valence-electron chi connectivity index (χ1n) is 2.92. The van der Waals surface area contributed by atoms with Crippen LogP contribution < -0.4 is 0 Å². The number of ether oxygens (including phenoxy) is 2. The van der Waals surface area contributed by atoms with E-state index in [9.17, 15) is 4.79 Å². The summed E-state index contributed by atoms with van der Waals surface area (Å²) in [6.45, 7) is 0.666. The van der Waals surface area contributed by atoms with Gasteiger partial charge in [0.2, 0.25) is 0 Å². The second-order valence-corrected chi connectivity index (χ2v) is 1.97. The summed E-state index contributed by atoms with van der Waals surface area (Å²) < 4.78 is 9.21. The molecule has 3 heteroatoms. The van der Waals surface area contributed by atoms with Crippen molar-refractivity contribution < 1.29 is 14.3 Å². The predicted octanol–water partition coefficient (Wildman–Crippen LogP) is 0.500. The first kappa shape index (κ1) is 6.55. The fourth-order valence-electron chi connectivity index (χ4n) is 0.856. The quantitative estimate of drug-likeness (QED) is 0.483. The molecule has 0 saturated carbocycles. The van der Waals surface area contributed by atoms with E-state index in [1.807, 2.05) is 0 Å². The second kappa shape index (κ2) is 2.82. The molecule has 1 fully saturated rings. The van der Waals surface area contributed by atoms with Crippen molar-refractivity contribution in [2.75, 3.05) is 6.61 Å². The third-order valence-corrected chi connectivity index (χ3v) is 1.33. The Kier molecular flexibility index (Phi) is 2.05. The third-order valence-electron chi connectivity index (χ3n) is 1.33. The summed E-state index contributed by atoms with van der Waals surface area (Å²) in [5.41, 5.74) is 0. The van der Waals surface area contributed by atoms with Crippen LogP contribution in [0.15, 0.2) is 0 Å². The van der Waals surface area contributed by atoms with E-state index < -0.39 is 0 Å². The summed E-state index contributed by atoms with van der Waals surface area (Å²) in [5, 5.41) is 0. The smallest absolute Gasteiger partial charge is 0.335 e. The number of rotatable bonds is 1. The highest BCUT2D eigenvalue weighted by Crippen LogP contribution is 2.12. The number of hydrogen-bond donors (Lipinski definition) is 0. The molecule has 0 aromatic carbocycles. The van der Waals surface area contributed by atoms with E-state index in [4.69, 9.17) is 4.74 Å². The summed E-state index contributed by atoms with van der Waals surface area (Å²) in [6.07, 6.45) is 1.37. The second-order valence-electron chi connectivity index (χ2n) is 1.97. The maximum atomic E-state index is 10.6. The normalized spacial score (nSPS) is 26.1. The van der Waals surface area contributed by atoms with Gasteiger partial charge >= 0.3 is 5.97 Å². The Hall–Kier alpha value is -0.570. The van der Waals surface area contributed by atoms with Gasteiger partial charge in [0.05, 0.1) is 0 Å². The maximum Gasteiger partial charge on any atom is 0.335 e. The Morgan fingerprint density at radius 1 is 1.78 bits per heavy atom. The molecule has 0 spiro atoms. The van der Waals surface area contributed by atoms with Gasteiger partial charge in [-0.25, -0.2) is 4.79 Å². The molecule has 1 heterocycles. The molecule has 1 aliphatic heterocycles. The van der Waals surface area contributed by atoms with Crippen molar-refractivity contribution in [3.05, 3.63) is 7.11 Å². The minimum Gasteiger partial charge on any atom is -0.460 e. The van der Waals surface area contributed by atoms with E-state index in [-0.39, 0.29) is 12.1 Å². The summed E-state index contributed by atoms with van der Waals surface area (Å²) in [4.78, 5) is 10.6. The zero-order valence-corrected chi connectivity index (χ0v) is 5.13. The van der Waals surface area contributed by atoms with Crippen molar-refractivity contribution in [1.82, 2.24) is 0 Å². The molecule has 0 amide bonds. The number of carbonyl (C=O) groups is 1. The molecule has 0 N–H and O–H groups in total. The van der Waals surface area contributed by atoms with Crippen LogP contribution in [0.1, 0.15) is 12.8 Å². The monoisotopic (exact) mass is 129 g/mol. The van der Waals surface area contributed by atoms with E-state index in [0.29, 0.717) is 6.61 Å². The molecule has 3 nitrogen and oxygen atoms in total. The highest BCUT2D eigenvalue weighted by Gasteiger charge is 2.23. The first-order valence-corrected chi connectivity index (χ1v) is 2.92. The fourth-order valence-corrected chi connectivity index (χ4v) is 0.856. The summed E-state index contributed by atoms with van der Waals surface area (Å²) in [6, 6.07) is 0. The average Bonchev–Trinajstić information content (AvgIpc) is 2.37. The molecule has 1 rings (SSSR count). The predicted molar refractivity (Wildman–Crippen MR) is 30.4 cm³/mol. The molecule has 1 aliphatic rings. The SMILES string of the molecule is [CH2]OC(=O)[C@@H]1CCCO1. The highest BCUT2D eigenvalue weighted by atomic mass is 16.6. The van der Waals surface area contributed by atoms with Crippen LogP contribution in [0.2, 0.25) is 0 Å². The molecule has 9 heavy (non-hydrogen) atoms. The van der Waals surface area contributed by atoms with Gasteiger partial charge in [-0.05, 0) is 12.8 Å². The number of hydrogen-bond acceptors (Lipinski definition) is 3. The highest BCUT2D eigenvalue weighted by molar-refractivity contribution is 5.74. The van der Waals surface area contributed by atoms with Crippen LogP contribution in [0, 0.1) is 7.11 Å². The molecular weight excluding hydrogens is 120 g/mol. The van der Waals surface area contributed by atoms with E-state index in [0.717, 1.165) is 12.8 Å². The number of carbonyl (C=O) groups excluding carboxylic acids is 1. The Labute approximate surface area is 53.9 Å². The third kappa shape index (κ3) is 1.42. The standard InChI is InChI=1S/C6H9O3/c1-8-6(7)5-3-2-4-9-5/h5H,1-4H2/t5-/m0/s1. The lowest BCUT2D eigenvalue weighted by Gasteiger charge is -2.03. The van der Waals surface area contributed by atoms with Crippen molar-refractivity contribution in [2.24, 2.45) is 0 Å². The molecule has 0 unspecified atom stereocenters. The van der Waals surface area contributed by atoms with Gasteiger partial charge in [-0.2, -0.15) is 0 Å². The maximum absolute atomic E-state index is 10.6. The van der Waals surface area contributed by atoms with Gasteiger partial charge in [0, 0.05) is 6.61 Å². The molecular formula is C6H9O3. The molecule has 0 bridgehead atoms. The zero-order chi connectivity index (χ0) is 6.69. The van der Waals surface area contributed by atoms with E-state index in [2.05, 4.69) is 11.8 Å². The van der Waals surface area contributed by atoms with Gasteiger partial charge in [-0.3, -0.25) is 0 Å². The van der Waals surface area contributed by atoms with Gasteiger partial charge in [-0.1, -0.05) is 0 Å². The van der Waals surface area contributed by atoms with Crippen molar-refractivity contribution in [3.8, 4) is 0 Å². The lowest BCUT2D eigenvalue weighted by Crippen LogP contribution is -2.19. The minimum atomic E-state index is -0.354. The Morgan fingerprint density at radius 2 is 2.56 bits per heavy atom. The van der Waals surface area contributed by atoms with Gasteiger partial charge < -0.3 is 9.47 Å². The Balaban J connectivity index is 2.32. The van der Waals surface area contributed by atoms with Crippen LogP contribution in [-0.2, 0) is 14.3 Å². The van der Waals surface area contributed by atoms with Crippen molar-refractivity contribution in [3.63, 3.8) is 0 Å². The lowest BCUT2D eigenvalue weighted by molar-refractivity contribution is -0.148. The van der Waals surface area contributed by atoms with Crippen molar-refractivity contribution in [1.29, 1.82) is 0 Å². The fraction of sp³-hybridized carbons (Fsp3) is 0.667. The minimum absolute atomic E-state index is 0.345. The Morgan fingerprint density at radius 3 is 3.00 bits per heavy atom. The summed E-state index contributed by atoms with van der Waals surface area (Å²) in [7, 11) is 3.00.